The number of benzene rings is 1. The van der Waals surface area contributed by atoms with Gasteiger partial charge in [0.2, 0.25) is 0 Å². The third kappa shape index (κ3) is 3.70. The lowest BCUT2D eigenvalue weighted by atomic mass is 10.0. The number of alkyl halides is 12. The number of amides is 4. The molecule has 3 fully saturated rings. The number of carbonyl (C=O) groups excluding carboxylic acids is 3. The normalized spacial score (nSPS) is 24.0. The number of piperazine rings is 1. The molecule has 0 aliphatic carbocycles. The van der Waals surface area contributed by atoms with E-state index in [0.29, 0.717) is 11.0 Å². The van der Waals surface area contributed by atoms with E-state index in [2.05, 4.69) is 0 Å². The van der Waals surface area contributed by atoms with E-state index in [9.17, 15) is 67.1 Å². The molecule has 39 heavy (non-hydrogen) atoms. The van der Waals surface area contributed by atoms with Crippen LogP contribution in [0.2, 0.25) is 0 Å². The van der Waals surface area contributed by atoms with E-state index in [4.69, 9.17) is 5.26 Å². The fraction of sp³-hybridized carbons (Fsp3) is 0.500. The quantitative estimate of drug-likeness (QED) is 0.395. The van der Waals surface area contributed by atoms with Crippen molar-refractivity contribution in [3.05, 3.63) is 29.3 Å². The summed E-state index contributed by atoms with van der Waals surface area (Å²) < 4.78 is 160. The van der Waals surface area contributed by atoms with Crippen LogP contribution in [0.1, 0.15) is 17.5 Å². The summed E-state index contributed by atoms with van der Waals surface area (Å²) in [4.78, 5) is 38.7. The number of imide groups is 1. The summed E-state index contributed by atoms with van der Waals surface area (Å²) >= 11 is 0. The van der Waals surface area contributed by atoms with Gasteiger partial charge in [0.05, 0.1) is 35.0 Å². The highest BCUT2D eigenvalue weighted by molar-refractivity contribution is 6.22. The van der Waals surface area contributed by atoms with Crippen molar-refractivity contribution < 1.29 is 67.1 Å². The van der Waals surface area contributed by atoms with Crippen LogP contribution >= 0.6 is 0 Å². The minimum Gasteiger partial charge on any atom is -0.330 e. The maximum atomic E-state index is 14.3. The SMILES string of the molecule is N#Cc1ccc(N2C(=O)[C@@H]3C4C[C@H](CN4C(=O)C(F)(F)C(F)(F)C(F)(F)C(F)(F)F)N3C2=O)cc1C(F)(F)F. The molecule has 0 radical (unpaired) electrons. The van der Waals surface area contributed by atoms with E-state index in [0.717, 1.165) is 6.07 Å². The molecule has 4 amide bonds. The number of nitrogens with zero attached hydrogens (tertiary/aromatic N) is 4. The van der Waals surface area contributed by atoms with Gasteiger partial charge in [-0.25, -0.2) is 9.69 Å². The predicted octanol–water partition coefficient (Wildman–Crippen LogP) is 4.17. The maximum Gasteiger partial charge on any atom is 0.460 e. The van der Waals surface area contributed by atoms with Crippen molar-refractivity contribution in [3.8, 4) is 6.07 Å². The van der Waals surface area contributed by atoms with Crippen molar-refractivity contribution in [2.45, 2.75) is 54.7 Å². The Bertz CT molecular complexity index is 1300. The Morgan fingerprint density at radius 3 is 2.03 bits per heavy atom. The molecule has 0 N–H and O–H groups in total. The number of likely N-dealkylation sites (tertiary alicyclic amines) is 1. The van der Waals surface area contributed by atoms with Crippen molar-refractivity contribution >= 4 is 23.5 Å². The zero-order chi connectivity index (χ0) is 29.7. The van der Waals surface area contributed by atoms with Crippen molar-refractivity contribution in [2.24, 2.45) is 0 Å². The number of carbonyl (C=O) groups is 3. The second-order valence-electron chi connectivity index (χ2n) is 8.78. The number of hydrogen-bond donors (Lipinski definition) is 0. The molecule has 3 saturated heterocycles. The van der Waals surface area contributed by atoms with E-state index in [1.54, 1.807) is 0 Å². The van der Waals surface area contributed by atoms with Gasteiger partial charge in [0.25, 0.3) is 11.8 Å². The number of nitriles is 1. The fourth-order valence-corrected chi connectivity index (χ4v) is 4.82. The van der Waals surface area contributed by atoms with E-state index in [1.165, 1.54) is 6.07 Å². The molecule has 212 valence electrons. The molecule has 0 saturated carbocycles. The second-order valence-corrected chi connectivity index (χ2v) is 8.78. The minimum atomic E-state index is -7.34. The van der Waals surface area contributed by atoms with Gasteiger partial charge in [-0.2, -0.15) is 57.9 Å². The van der Waals surface area contributed by atoms with Crippen molar-refractivity contribution in [1.29, 1.82) is 5.26 Å². The third-order valence-corrected chi connectivity index (χ3v) is 6.63. The molecule has 2 bridgehead atoms. The van der Waals surface area contributed by atoms with Gasteiger partial charge >= 0.3 is 36.2 Å². The number of rotatable bonds is 4. The molecule has 0 spiro atoms. The highest BCUT2D eigenvalue weighted by Crippen LogP contribution is 2.54. The van der Waals surface area contributed by atoms with Crippen LogP contribution in [0, 0.1) is 11.3 Å². The summed E-state index contributed by atoms with van der Waals surface area (Å²) in [5.74, 6) is -25.8. The average Bonchev–Trinajstić information content (AvgIpc) is 3.47. The summed E-state index contributed by atoms with van der Waals surface area (Å²) in [5.41, 5.74) is -3.17. The molecule has 0 aromatic heterocycles. The summed E-state index contributed by atoms with van der Waals surface area (Å²) in [7, 11) is 0. The van der Waals surface area contributed by atoms with Gasteiger partial charge in [-0.1, -0.05) is 0 Å². The lowest BCUT2D eigenvalue weighted by Crippen LogP contribution is -2.67. The topological polar surface area (TPSA) is 84.7 Å². The Labute approximate surface area is 208 Å². The van der Waals surface area contributed by atoms with Gasteiger partial charge in [0, 0.05) is 6.54 Å². The summed E-state index contributed by atoms with van der Waals surface area (Å²) in [6, 6.07) is -3.64. The minimum absolute atomic E-state index is 0.152. The monoisotopic (exact) mass is 582 g/mol. The molecule has 19 heteroatoms. The lowest BCUT2D eigenvalue weighted by Gasteiger charge is -2.39. The van der Waals surface area contributed by atoms with E-state index < -0.39 is 95.9 Å². The van der Waals surface area contributed by atoms with E-state index in [-0.39, 0.29) is 15.9 Å². The molecule has 1 aromatic carbocycles. The van der Waals surface area contributed by atoms with Gasteiger partial charge < -0.3 is 9.80 Å². The molecule has 3 aliphatic rings. The molecule has 3 heterocycles. The van der Waals surface area contributed by atoms with Gasteiger partial charge in [-0.15, -0.1) is 0 Å². The molecular formula is C20H10F12N4O3. The van der Waals surface area contributed by atoms with Crippen molar-refractivity contribution in [1.82, 2.24) is 9.80 Å². The Morgan fingerprint density at radius 1 is 0.923 bits per heavy atom. The summed E-state index contributed by atoms with van der Waals surface area (Å²) in [6.45, 7) is -1.07. The Balaban J connectivity index is 1.66. The van der Waals surface area contributed by atoms with E-state index >= 15 is 0 Å². The van der Waals surface area contributed by atoms with Crippen LogP contribution in [0.5, 0.6) is 0 Å². The summed E-state index contributed by atoms with van der Waals surface area (Å²) in [5, 5.41) is 8.88. The molecule has 3 atom stereocenters. The number of anilines is 1. The highest BCUT2D eigenvalue weighted by Gasteiger charge is 2.84. The Hall–Kier alpha value is -3.72. The van der Waals surface area contributed by atoms with Crippen molar-refractivity contribution in [3.63, 3.8) is 0 Å². The van der Waals surface area contributed by atoms with Crippen LogP contribution < -0.4 is 4.90 Å². The third-order valence-electron chi connectivity index (χ3n) is 6.63. The van der Waals surface area contributed by atoms with Gasteiger partial charge in [0.1, 0.15) is 6.04 Å². The van der Waals surface area contributed by atoms with Gasteiger partial charge in [0.15, 0.2) is 0 Å². The van der Waals surface area contributed by atoms with Crippen LogP contribution in [0.4, 0.5) is 63.2 Å². The zero-order valence-electron chi connectivity index (χ0n) is 18.4. The first-order chi connectivity index (χ1) is 17.6. The number of fused-ring (bicyclic) bond motifs is 5. The van der Waals surface area contributed by atoms with Crippen LogP contribution in [-0.4, -0.2) is 76.3 Å². The number of hydrogen-bond acceptors (Lipinski definition) is 4. The molecule has 1 unspecified atom stereocenters. The predicted molar refractivity (Wildman–Crippen MR) is 99.5 cm³/mol. The van der Waals surface area contributed by atoms with Crippen LogP contribution in [0.3, 0.4) is 0 Å². The lowest BCUT2D eigenvalue weighted by molar-refractivity contribution is -0.389. The summed E-state index contributed by atoms with van der Waals surface area (Å²) in [6.07, 6.45) is -12.8. The maximum absolute atomic E-state index is 14.3. The number of halogens is 12. The molecule has 7 nitrogen and oxygen atoms in total. The first kappa shape index (κ1) is 28.3. The number of urea groups is 1. The Kier molecular flexibility index (Phi) is 5.91. The smallest absolute Gasteiger partial charge is 0.330 e. The average molecular weight is 582 g/mol. The van der Waals surface area contributed by atoms with Crippen molar-refractivity contribution in [2.75, 3.05) is 11.4 Å². The van der Waals surface area contributed by atoms with E-state index in [1.807, 2.05) is 0 Å². The van der Waals surface area contributed by atoms with Gasteiger partial charge in [-0.3, -0.25) is 9.59 Å². The molecule has 4 rings (SSSR count). The zero-order valence-corrected chi connectivity index (χ0v) is 18.4. The van der Waals surface area contributed by atoms with Crippen LogP contribution in [0.15, 0.2) is 18.2 Å². The first-order valence-electron chi connectivity index (χ1n) is 10.4. The molecule has 3 aliphatic heterocycles. The van der Waals surface area contributed by atoms with Crippen LogP contribution in [0.25, 0.3) is 0 Å². The standard InChI is InChI=1S/C20H10F12N4O3/c21-16(22,18(26,27)19(28,29)20(30,31)32)14(38)34-6-9-4-11(34)12-13(37)36(15(39)35(9)12)8-2-1-7(5-33)10(3-8)17(23,24)25/h1-3,9,11-12H,4,6H2/t9-,11?,12+/m1/s1. The van der Waals surface area contributed by atoms with Crippen LogP contribution in [-0.2, 0) is 15.8 Å². The highest BCUT2D eigenvalue weighted by atomic mass is 19.4. The first-order valence-corrected chi connectivity index (χ1v) is 10.4. The largest absolute Gasteiger partial charge is 0.460 e. The second kappa shape index (κ2) is 8.14. The Morgan fingerprint density at radius 2 is 1.51 bits per heavy atom. The fourth-order valence-electron chi connectivity index (χ4n) is 4.82. The van der Waals surface area contributed by atoms with Gasteiger partial charge in [-0.05, 0) is 24.6 Å². The molecular weight excluding hydrogens is 572 g/mol. The molecule has 1 aromatic rings.